The Morgan fingerprint density at radius 3 is 2.90 bits per heavy atom. The summed E-state index contributed by atoms with van der Waals surface area (Å²) in [5.74, 6) is 2.21. The van der Waals surface area contributed by atoms with Crippen molar-refractivity contribution in [2.45, 2.75) is 52.1 Å². The summed E-state index contributed by atoms with van der Waals surface area (Å²) in [6.45, 7) is 8.16. The fourth-order valence-electron chi connectivity index (χ4n) is 4.57. The average Bonchev–Trinajstić information content (AvgIpc) is 2.72. The number of aryl methyl sites for hydroxylation is 1. The van der Waals surface area contributed by atoms with E-state index in [4.69, 9.17) is 9.97 Å². The smallest absolute Gasteiger partial charge is 0.219 e. The number of benzene rings is 1. The number of likely N-dealkylation sites (tertiary alicyclic amines) is 1. The van der Waals surface area contributed by atoms with E-state index in [1.54, 1.807) is 6.92 Å². The van der Waals surface area contributed by atoms with E-state index < -0.39 is 0 Å². The van der Waals surface area contributed by atoms with Crippen molar-refractivity contribution in [3.8, 4) is 0 Å². The standard InChI is InChI=1S/C23H31N5O/c1-16-6-4-7-18(12-16)13-27-11-9-20-21(15-27)25-22(26-23(20)24-3)19-8-5-10-28(14-19)17(2)29/h4,6-7,12,19H,5,8-11,13-15H2,1-3H3,(H,24,25,26)/t19-/m0/s1. The van der Waals surface area contributed by atoms with E-state index in [0.717, 1.165) is 69.3 Å². The van der Waals surface area contributed by atoms with Crippen LogP contribution in [0.2, 0.25) is 0 Å². The minimum atomic E-state index is 0.144. The van der Waals surface area contributed by atoms with Crippen molar-refractivity contribution >= 4 is 11.7 Å². The topological polar surface area (TPSA) is 61.4 Å². The van der Waals surface area contributed by atoms with Gasteiger partial charge in [0.25, 0.3) is 0 Å². The summed E-state index contributed by atoms with van der Waals surface area (Å²) >= 11 is 0. The number of aromatic nitrogens is 2. The maximum Gasteiger partial charge on any atom is 0.219 e. The van der Waals surface area contributed by atoms with Gasteiger partial charge in [0.15, 0.2) is 0 Å². The van der Waals surface area contributed by atoms with Crippen LogP contribution in [0, 0.1) is 6.92 Å². The number of carbonyl (C=O) groups excluding carboxylic acids is 1. The number of rotatable bonds is 4. The molecule has 1 fully saturated rings. The van der Waals surface area contributed by atoms with E-state index in [-0.39, 0.29) is 11.8 Å². The molecule has 0 unspecified atom stereocenters. The molecule has 1 aromatic carbocycles. The highest BCUT2D eigenvalue weighted by Crippen LogP contribution is 2.30. The molecule has 4 rings (SSSR count). The summed E-state index contributed by atoms with van der Waals surface area (Å²) in [7, 11) is 1.94. The van der Waals surface area contributed by atoms with Crippen molar-refractivity contribution in [3.63, 3.8) is 0 Å². The van der Waals surface area contributed by atoms with Gasteiger partial charge in [-0.05, 0) is 31.7 Å². The lowest BCUT2D eigenvalue weighted by Gasteiger charge is -2.33. The number of amides is 1. The number of nitrogens with zero attached hydrogens (tertiary/aromatic N) is 4. The van der Waals surface area contributed by atoms with Crippen LogP contribution in [0.4, 0.5) is 5.82 Å². The molecule has 29 heavy (non-hydrogen) atoms. The summed E-state index contributed by atoms with van der Waals surface area (Å²) in [6, 6.07) is 8.73. The minimum Gasteiger partial charge on any atom is -0.373 e. The molecule has 1 saturated heterocycles. The van der Waals surface area contributed by atoms with Crippen molar-refractivity contribution in [2.24, 2.45) is 0 Å². The number of hydrogen-bond acceptors (Lipinski definition) is 5. The van der Waals surface area contributed by atoms with Gasteiger partial charge >= 0.3 is 0 Å². The Balaban J connectivity index is 1.56. The van der Waals surface area contributed by atoms with Crippen LogP contribution in [-0.4, -0.2) is 52.4 Å². The summed E-state index contributed by atoms with van der Waals surface area (Å²) in [4.78, 5) is 26.1. The lowest BCUT2D eigenvalue weighted by atomic mass is 9.96. The van der Waals surface area contributed by atoms with Crippen LogP contribution in [0.1, 0.15) is 53.9 Å². The van der Waals surface area contributed by atoms with Crippen molar-refractivity contribution in [2.75, 3.05) is 32.0 Å². The summed E-state index contributed by atoms with van der Waals surface area (Å²) < 4.78 is 0. The molecule has 1 aromatic heterocycles. The van der Waals surface area contributed by atoms with Gasteiger partial charge in [0, 0.05) is 58.2 Å². The molecule has 3 heterocycles. The molecule has 1 atom stereocenters. The Morgan fingerprint density at radius 1 is 1.28 bits per heavy atom. The van der Waals surface area contributed by atoms with E-state index in [9.17, 15) is 4.79 Å². The molecule has 2 aromatic rings. The highest BCUT2D eigenvalue weighted by Gasteiger charge is 2.28. The molecule has 0 saturated carbocycles. The number of nitrogens with one attached hydrogen (secondary N) is 1. The predicted molar refractivity (Wildman–Crippen MR) is 115 cm³/mol. The molecule has 6 heteroatoms. The third-order valence-electron chi connectivity index (χ3n) is 6.12. The van der Waals surface area contributed by atoms with Gasteiger partial charge in [-0.2, -0.15) is 0 Å². The monoisotopic (exact) mass is 393 g/mol. The normalized spacial score (nSPS) is 19.7. The van der Waals surface area contributed by atoms with Gasteiger partial charge in [0.05, 0.1) is 5.69 Å². The van der Waals surface area contributed by atoms with Gasteiger partial charge in [-0.1, -0.05) is 29.8 Å². The zero-order valence-corrected chi connectivity index (χ0v) is 17.7. The van der Waals surface area contributed by atoms with Crippen LogP contribution >= 0.6 is 0 Å². The molecule has 0 aliphatic carbocycles. The Bertz CT molecular complexity index is 897. The summed E-state index contributed by atoms with van der Waals surface area (Å²) in [5.41, 5.74) is 5.03. The average molecular weight is 394 g/mol. The maximum absolute atomic E-state index is 11.8. The molecule has 6 nitrogen and oxygen atoms in total. The van der Waals surface area contributed by atoms with Gasteiger partial charge in [0.1, 0.15) is 11.6 Å². The quantitative estimate of drug-likeness (QED) is 0.865. The number of anilines is 1. The van der Waals surface area contributed by atoms with Gasteiger partial charge < -0.3 is 10.2 Å². The summed E-state index contributed by atoms with van der Waals surface area (Å²) in [6.07, 6.45) is 3.01. The molecule has 154 valence electrons. The van der Waals surface area contributed by atoms with Crippen LogP contribution in [0.25, 0.3) is 0 Å². The first-order chi connectivity index (χ1) is 14.0. The van der Waals surface area contributed by atoms with Gasteiger partial charge in [-0.3, -0.25) is 9.69 Å². The molecule has 1 N–H and O–H groups in total. The molecule has 0 bridgehead atoms. The Labute approximate surface area is 173 Å². The molecule has 2 aliphatic rings. The second-order valence-electron chi connectivity index (χ2n) is 8.36. The lowest BCUT2D eigenvalue weighted by molar-refractivity contribution is -0.130. The fourth-order valence-corrected chi connectivity index (χ4v) is 4.57. The Morgan fingerprint density at radius 2 is 2.14 bits per heavy atom. The van der Waals surface area contributed by atoms with Gasteiger partial charge in [0.2, 0.25) is 5.91 Å². The molecule has 0 spiro atoms. The fraction of sp³-hybridized carbons (Fsp3) is 0.522. The maximum atomic E-state index is 11.8. The van der Waals surface area contributed by atoms with E-state index >= 15 is 0 Å². The van der Waals surface area contributed by atoms with Crippen molar-refractivity contribution in [1.82, 2.24) is 19.8 Å². The van der Waals surface area contributed by atoms with Crippen LogP contribution in [-0.2, 0) is 24.3 Å². The van der Waals surface area contributed by atoms with Crippen LogP contribution in [0.5, 0.6) is 0 Å². The molecular formula is C23H31N5O. The number of piperidine rings is 1. The SMILES string of the molecule is CNc1nc([C@H]2CCCN(C(C)=O)C2)nc2c1CCN(Cc1cccc(C)c1)C2. The largest absolute Gasteiger partial charge is 0.373 e. The van der Waals surface area contributed by atoms with E-state index in [2.05, 4.69) is 41.4 Å². The van der Waals surface area contributed by atoms with Crippen molar-refractivity contribution < 1.29 is 4.79 Å². The second kappa shape index (κ2) is 8.49. The zero-order chi connectivity index (χ0) is 20.4. The van der Waals surface area contributed by atoms with Gasteiger partial charge in [-0.15, -0.1) is 0 Å². The number of fused-ring (bicyclic) bond motifs is 1. The van der Waals surface area contributed by atoms with Gasteiger partial charge in [-0.25, -0.2) is 9.97 Å². The third-order valence-corrected chi connectivity index (χ3v) is 6.12. The van der Waals surface area contributed by atoms with E-state index in [1.165, 1.54) is 16.7 Å². The zero-order valence-electron chi connectivity index (χ0n) is 17.7. The first kappa shape index (κ1) is 19.8. The number of carbonyl (C=O) groups is 1. The Kier molecular flexibility index (Phi) is 5.81. The first-order valence-electron chi connectivity index (χ1n) is 10.6. The van der Waals surface area contributed by atoms with Crippen LogP contribution in [0.15, 0.2) is 24.3 Å². The minimum absolute atomic E-state index is 0.144. The molecule has 1 amide bonds. The molecule has 0 radical (unpaired) electrons. The Hall–Kier alpha value is -2.47. The highest BCUT2D eigenvalue weighted by atomic mass is 16.2. The van der Waals surface area contributed by atoms with E-state index in [1.807, 2.05) is 11.9 Å². The second-order valence-corrected chi connectivity index (χ2v) is 8.36. The first-order valence-corrected chi connectivity index (χ1v) is 10.6. The van der Waals surface area contributed by atoms with Crippen molar-refractivity contribution in [3.05, 3.63) is 52.5 Å². The predicted octanol–water partition coefficient (Wildman–Crippen LogP) is 3.11. The van der Waals surface area contributed by atoms with E-state index in [0.29, 0.717) is 0 Å². The third kappa shape index (κ3) is 4.42. The molecule has 2 aliphatic heterocycles. The highest BCUT2D eigenvalue weighted by molar-refractivity contribution is 5.73. The lowest BCUT2D eigenvalue weighted by Crippen LogP contribution is -2.38. The molecular weight excluding hydrogens is 362 g/mol. The van der Waals surface area contributed by atoms with Crippen LogP contribution < -0.4 is 5.32 Å². The van der Waals surface area contributed by atoms with Crippen LogP contribution in [0.3, 0.4) is 0 Å². The summed E-state index contributed by atoms with van der Waals surface area (Å²) in [5, 5.41) is 3.29. The van der Waals surface area contributed by atoms with Crippen molar-refractivity contribution in [1.29, 1.82) is 0 Å². The number of hydrogen-bond donors (Lipinski definition) is 1.